The van der Waals surface area contributed by atoms with Crippen molar-refractivity contribution < 1.29 is 26.5 Å². The first-order valence-electron chi connectivity index (χ1n) is 8.52. The van der Waals surface area contributed by atoms with Crippen LogP contribution in [0.1, 0.15) is 11.3 Å². The van der Waals surface area contributed by atoms with Crippen molar-refractivity contribution >= 4 is 15.9 Å². The fourth-order valence-electron chi connectivity index (χ4n) is 2.63. The Bertz CT molecular complexity index is 1130. The van der Waals surface area contributed by atoms with Gasteiger partial charge in [-0.2, -0.15) is 0 Å². The van der Waals surface area contributed by atoms with Gasteiger partial charge in [-0.1, -0.05) is 17.3 Å². The van der Waals surface area contributed by atoms with Crippen molar-refractivity contribution in [2.75, 3.05) is 6.54 Å². The average Bonchev–Trinajstić information content (AvgIpc) is 3.09. The molecule has 152 valence electrons. The number of hydrogen-bond donors (Lipinski definition) is 2. The van der Waals surface area contributed by atoms with Crippen LogP contribution in [0, 0.1) is 11.6 Å². The summed E-state index contributed by atoms with van der Waals surface area (Å²) in [6.07, 6.45) is 0.415. The van der Waals surface area contributed by atoms with Crippen molar-refractivity contribution in [3.63, 3.8) is 0 Å². The van der Waals surface area contributed by atoms with Crippen molar-refractivity contribution in [1.82, 2.24) is 10.5 Å². The normalized spacial score (nSPS) is 11.4. The average molecular weight is 421 g/mol. The van der Waals surface area contributed by atoms with Gasteiger partial charge in [0.1, 0.15) is 11.6 Å². The fourth-order valence-corrected chi connectivity index (χ4v) is 3.15. The highest BCUT2D eigenvalue weighted by Crippen LogP contribution is 2.24. The zero-order valence-corrected chi connectivity index (χ0v) is 15.9. The second kappa shape index (κ2) is 8.50. The molecule has 0 saturated heterocycles. The van der Waals surface area contributed by atoms with E-state index >= 15 is 0 Å². The summed E-state index contributed by atoms with van der Waals surface area (Å²) in [4.78, 5) is 12.1. The van der Waals surface area contributed by atoms with Gasteiger partial charge in [0.2, 0.25) is 15.9 Å². The van der Waals surface area contributed by atoms with Gasteiger partial charge in [0, 0.05) is 18.7 Å². The summed E-state index contributed by atoms with van der Waals surface area (Å²) in [7, 11) is -3.74. The maximum absolute atomic E-state index is 13.8. The molecular formula is C19H17F2N3O4S. The Labute approximate surface area is 165 Å². The number of primary sulfonamides is 1. The Balaban J connectivity index is 1.52. The van der Waals surface area contributed by atoms with Crippen LogP contribution in [0.15, 0.2) is 57.9 Å². The Morgan fingerprint density at radius 2 is 1.83 bits per heavy atom. The van der Waals surface area contributed by atoms with E-state index in [-0.39, 0.29) is 28.5 Å². The van der Waals surface area contributed by atoms with Gasteiger partial charge in [-0.25, -0.2) is 22.3 Å². The number of halogens is 2. The summed E-state index contributed by atoms with van der Waals surface area (Å²) in [5, 5.41) is 11.5. The van der Waals surface area contributed by atoms with E-state index in [1.807, 2.05) is 0 Å². The third-order valence-corrected chi connectivity index (χ3v) is 5.01. The van der Waals surface area contributed by atoms with Crippen LogP contribution in [-0.2, 0) is 27.7 Å². The predicted molar refractivity (Wildman–Crippen MR) is 100 cm³/mol. The van der Waals surface area contributed by atoms with Gasteiger partial charge in [0.15, 0.2) is 5.76 Å². The fraction of sp³-hybridized carbons (Fsp3) is 0.158. The highest BCUT2D eigenvalue weighted by molar-refractivity contribution is 7.89. The molecule has 3 aromatic rings. The topological polar surface area (TPSA) is 115 Å². The van der Waals surface area contributed by atoms with Crippen LogP contribution < -0.4 is 10.5 Å². The number of nitrogens with two attached hydrogens (primary N) is 1. The van der Waals surface area contributed by atoms with Gasteiger partial charge < -0.3 is 9.84 Å². The first kappa shape index (κ1) is 20.6. The molecule has 0 atom stereocenters. The number of rotatable bonds is 7. The molecule has 0 aliphatic rings. The molecule has 0 saturated carbocycles. The highest BCUT2D eigenvalue weighted by Gasteiger charge is 2.14. The van der Waals surface area contributed by atoms with E-state index < -0.39 is 21.7 Å². The molecule has 1 amide bonds. The molecular weight excluding hydrogens is 404 g/mol. The third kappa shape index (κ3) is 5.46. The molecule has 29 heavy (non-hydrogen) atoms. The zero-order chi connectivity index (χ0) is 21.0. The van der Waals surface area contributed by atoms with Crippen LogP contribution in [0.5, 0.6) is 0 Å². The lowest BCUT2D eigenvalue weighted by molar-refractivity contribution is -0.120. The number of carbonyl (C=O) groups is 1. The molecule has 1 heterocycles. The molecule has 0 unspecified atom stereocenters. The molecule has 7 nitrogen and oxygen atoms in total. The minimum Gasteiger partial charge on any atom is -0.356 e. The van der Waals surface area contributed by atoms with Gasteiger partial charge in [-0.05, 0) is 36.2 Å². The number of benzene rings is 2. The van der Waals surface area contributed by atoms with Crippen molar-refractivity contribution in [2.24, 2.45) is 5.14 Å². The summed E-state index contributed by atoms with van der Waals surface area (Å²) in [6, 6.07) is 10.5. The summed E-state index contributed by atoms with van der Waals surface area (Å²) < 4.78 is 54.2. The van der Waals surface area contributed by atoms with Gasteiger partial charge in [-0.15, -0.1) is 0 Å². The second-order valence-electron chi connectivity index (χ2n) is 6.27. The first-order chi connectivity index (χ1) is 13.7. The Hall–Kier alpha value is -3.11. The highest BCUT2D eigenvalue weighted by atomic mass is 32.2. The summed E-state index contributed by atoms with van der Waals surface area (Å²) >= 11 is 0. The lowest BCUT2D eigenvalue weighted by Gasteiger charge is -2.05. The Kier molecular flexibility index (Phi) is 6.04. The standard InChI is InChI=1S/C19H17F2N3O4S/c20-13-3-6-16(17(21)9-13)18-10-14(24-28-18)11-19(25)23-8-7-12-1-4-15(5-2-12)29(22,26)27/h1-6,9-10H,7-8,11H2,(H,23,25)(H2,22,26,27). The number of carbonyl (C=O) groups excluding carboxylic acids is 1. The first-order valence-corrected chi connectivity index (χ1v) is 10.1. The minimum absolute atomic E-state index is 0.0183. The molecule has 0 bridgehead atoms. The molecule has 10 heteroatoms. The molecule has 1 aromatic heterocycles. The lowest BCUT2D eigenvalue weighted by Crippen LogP contribution is -2.27. The smallest absolute Gasteiger partial charge is 0.238 e. The molecule has 0 spiro atoms. The molecule has 2 aromatic carbocycles. The van der Waals surface area contributed by atoms with Crippen molar-refractivity contribution in [3.05, 3.63) is 71.4 Å². The van der Waals surface area contributed by atoms with E-state index in [9.17, 15) is 22.0 Å². The number of nitrogens with one attached hydrogen (secondary N) is 1. The predicted octanol–water partition coefficient (Wildman–Crippen LogP) is 2.17. The van der Waals surface area contributed by atoms with Crippen LogP contribution in [0.2, 0.25) is 0 Å². The Morgan fingerprint density at radius 1 is 1.10 bits per heavy atom. The van der Waals surface area contributed by atoms with E-state index in [1.54, 1.807) is 12.1 Å². The van der Waals surface area contributed by atoms with Crippen LogP contribution in [-0.4, -0.2) is 26.0 Å². The largest absolute Gasteiger partial charge is 0.356 e. The summed E-state index contributed by atoms with van der Waals surface area (Å²) in [5.74, 6) is -1.71. The maximum Gasteiger partial charge on any atom is 0.238 e. The number of aromatic nitrogens is 1. The number of amides is 1. The van der Waals surface area contributed by atoms with E-state index in [4.69, 9.17) is 9.66 Å². The molecule has 0 aliphatic carbocycles. The second-order valence-corrected chi connectivity index (χ2v) is 7.83. The van der Waals surface area contributed by atoms with E-state index in [0.717, 1.165) is 17.7 Å². The number of hydrogen-bond acceptors (Lipinski definition) is 5. The summed E-state index contributed by atoms with van der Waals surface area (Å²) in [6.45, 7) is 0.324. The maximum atomic E-state index is 13.8. The molecule has 0 fully saturated rings. The Morgan fingerprint density at radius 3 is 2.48 bits per heavy atom. The van der Waals surface area contributed by atoms with Crippen molar-refractivity contribution in [3.8, 4) is 11.3 Å². The third-order valence-electron chi connectivity index (χ3n) is 4.08. The number of sulfonamides is 1. The van der Waals surface area contributed by atoms with Gasteiger partial charge in [0.25, 0.3) is 0 Å². The monoisotopic (exact) mass is 421 g/mol. The summed E-state index contributed by atoms with van der Waals surface area (Å²) in [5.41, 5.74) is 1.18. The van der Waals surface area contributed by atoms with Crippen molar-refractivity contribution in [1.29, 1.82) is 0 Å². The minimum atomic E-state index is -3.74. The molecule has 3 N–H and O–H groups in total. The van der Waals surface area contributed by atoms with Crippen LogP contribution in [0.4, 0.5) is 8.78 Å². The van der Waals surface area contributed by atoms with E-state index in [0.29, 0.717) is 18.7 Å². The van der Waals surface area contributed by atoms with Crippen LogP contribution in [0.25, 0.3) is 11.3 Å². The molecule has 3 rings (SSSR count). The SMILES string of the molecule is NS(=O)(=O)c1ccc(CCNC(=O)Cc2cc(-c3ccc(F)cc3F)on2)cc1. The van der Waals surface area contributed by atoms with Crippen LogP contribution in [0.3, 0.4) is 0 Å². The van der Waals surface area contributed by atoms with Crippen LogP contribution >= 0.6 is 0 Å². The van der Waals surface area contributed by atoms with Crippen molar-refractivity contribution in [2.45, 2.75) is 17.7 Å². The van der Waals surface area contributed by atoms with E-state index in [2.05, 4.69) is 10.5 Å². The quantitative estimate of drug-likeness (QED) is 0.607. The molecule has 0 radical (unpaired) electrons. The zero-order valence-electron chi connectivity index (χ0n) is 15.1. The lowest BCUT2D eigenvalue weighted by atomic mass is 10.1. The number of nitrogens with zero attached hydrogens (tertiary/aromatic N) is 1. The van der Waals surface area contributed by atoms with Gasteiger partial charge in [-0.3, -0.25) is 4.79 Å². The van der Waals surface area contributed by atoms with Gasteiger partial charge >= 0.3 is 0 Å². The van der Waals surface area contributed by atoms with E-state index in [1.165, 1.54) is 24.3 Å². The molecule has 0 aliphatic heterocycles. The van der Waals surface area contributed by atoms with Gasteiger partial charge in [0.05, 0.1) is 22.6 Å².